The third kappa shape index (κ3) is 5.31. The SMILES string of the molecule is Cc1c(C)n(Cc2ccc(-c3ccccc3C(=O)O)cc2)c2ccc(C(=O)N[C@@H](C)c3ccc(Cl)cc3)cc12. The first-order chi connectivity index (χ1) is 18.7. The molecule has 5 aromatic rings. The van der Waals surface area contributed by atoms with E-state index in [-0.39, 0.29) is 17.5 Å². The molecule has 0 saturated carbocycles. The summed E-state index contributed by atoms with van der Waals surface area (Å²) in [5.74, 6) is -1.06. The van der Waals surface area contributed by atoms with E-state index in [0.717, 1.165) is 38.9 Å². The number of halogens is 1. The number of carboxylic acid groups (broad SMARTS) is 1. The summed E-state index contributed by atoms with van der Waals surface area (Å²) in [6.07, 6.45) is 0. The second kappa shape index (κ2) is 10.8. The molecule has 0 radical (unpaired) electrons. The van der Waals surface area contributed by atoms with Gasteiger partial charge in [-0.15, -0.1) is 0 Å². The number of carbonyl (C=O) groups excluding carboxylic acids is 1. The number of carboxylic acids is 1. The number of amides is 1. The number of hydrogen-bond acceptors (Lipinski definition) is 2. The number of aromatic nitrogens is 1. The number of benzene rings is 4. The summed E-state index contributed by atoms with van der Waals surface area (Å²) < 4.78 is 2.25. The first-order valence-corrected chi connectivity index (χ1v) is 13.2. The molecule has 5 nitrogen and oxygen atoms in total. The van der Waals surface area contributed by atoms with Crippen molar-refractivity contribution < 1.29 is 14.7 Å². The maximum Gasteiger partial charge on any atom is 0.336 e. The van der Waals surface area contributed by atoms with E-state index >= 15 is 0 Å². The van der Waals surface area contributed by atoms with Crippen LogP contribution in [-0.4, -0.2) is 21.6 Å². The summed E-state index contributed by atoms with van der Waals surface area (Å²) in [5, 5.41) is 14.3. The highest BCUT2D eigenvalue weighted by Gasteiger charge is 2.17. The molecule has 4 aromatic carbocycles. The van der Waals surface area contributed by atoms with Crippen LogP contribution in [0, 0.1) is 13.8 Å². The van der Waals surface area contributed by atoms with Crippen molar-refractivity contribution in [2.75, 3.05) is 0 Å². The third-order valence-electron chi connectivity index (χ3n) is 7.38. The van der Waals surface area contributed by atoms with Gasteiger partial charge in [0.25, 0.3) is 5.91 Å². The van der Waals surface area contributed by atoms with Crippen molar-refractivity contribution in [1.82, 2.24) is 9.88 Å². The highest BCUT2D eigenvalue weighted by Crippen LogP contribution is 2.29. The van der Waals surface area contributed by atoms with Crippen molar-refractivity contribution in [1.29, 1.82) is 0 Å². The van der Waals surface area contributed by atoms with Crippen molar-refractivity contribution in [3.63, 3.8) is 0 Å². The van der Waals surface area contributed by atoms with Crippen LogP contribution in [0.2, 0.25) is 5.02 Å². The minimum atomic E-state index is -0.938. The standard InChI is InChI=1S/C33H29ClN2O3/c1-20-22(3)36(19-23-8-10-25(11-9-23)28-6-4-5-7-29(28)33(38)39)31-17-14-26(18-30(20)31)32(37)35-21(2)24-12-15-27(34)16-13-24/h4-18,21H,19H2,1-3H3,(H,35,37)(H,38,39)/t21-/m0/s1. The zero-order valence-corrected chi connectivity index (χ0v) is 22.8. The van der Waals surface area contributed by atoms with Crippen LogP contribution in [0.15, 0.2) is 91.0 Å². The molecule has 0 bridgehead atoms. The lowest BCUT2D eigenvalue weighted by Crippen LogP contribution is -2.26. The Labute approximate surface area is 232 Å². The van der Waals surface area contributed by atoms with Crippen molar-refractivity contribution in [3.05, 3.63) is 130 Å². The molecule has 1 heterocycles. The topological polar surface area (TPSA) is 71.3 Å². The fourth-order valence-corrected chi connectivity index (χ4v) is 5.13. The average Bonchev–Trinajstić information content (AvgIpc) is 3.18. The van der Waals surface area contributed by atoms with Crippen LogP contribution in [0.25, 0.3) is 22.0 Å². The van der Waals surface area contributed by atoms with Gasteiger partial charge in [-0.25, -0.2) is 4.79 Å². The molecule has 0 fully saturated rings. The zero-order valence-electron chi connectivity index (χ0n) is 22.0. The fourth-order valence-electron chi connectivity index (χ4n) is 5.00. The predicted molar refractivity (Wildman–Crippen MR) is 157 cm³/mol. The maximum atomic E-state index is 13.1. The van der Waals surface area contributed by atoms with Crippen molar-refractivity contribution in [2.45, 2.75) is 33.4 Å². The van der Waals surface area contributed by atoms with Gasteiger partial charge in [-0.05, 0) is 85.0 Å². The lowest BCUT2D eigenvalue weighted by atomic mass is 9.99. The number of rotatable bonds is 7. The summed E-state index contributed by atoms with van der Waals surface area (Å²) in [6.45, 7) is 6.79. The fraction of sp³-hybridized carbons (Fsp3) is 0.152. The molecule has 0 saturated heterocycles. The van der Waals surface area contributed by atoms with Crippen LogP contribution in [-0.2, 0) is 6.54 Å². The Balaban J connectivity index is 1.38. The summed E-state index contributed by atoms with van der Waals surface area (Å²) in [6, 6.07) is 28.2. The van der Waals surface area contributed by atoms with Crippen molar-refractivity contribution in [2.24, 2.45) is 0 Å². The number of hydrogen-bond donors (Lipinski definition) is 2. The van der Waals surface area contributed by atoms with Gasteiger partial charge in [0.15, 0.2) is 0 Å². The van der Waals surface area contributed by atoms with Crippen LogP contribution < -0.4 is 5.32 Å². The van der Waals surface area contributed by atoms with Gasteiger partial charge in [-0.3, -0.25) is 4.79 Å². The molecule has 0 aliphatic rings. The van der Waals surface area contributed by atoms with Gasteiger partial charge in [0.1, 0.15) is 0 Å². The smallest absolute Gasteiger partial charge is 0.336 e. The predicted octanol–water partition coefficient (Wildman–Crippen LogP) is 7.82. The minimum Gasteiger partial charge on any atom is -0.478 e. The van der Waals surface area contributed by atoms with Crippen LogP contribution >= 0.6 is 11.6 Å². The van der Waals surface area contributed by atoms with Crippen LogP contribution in [0.4, 0.5) is 0 Å². The molecular weight excluding hydrogens is 508 g/mol. The van der Waals surface area contributed by atoms with Crippen molar-refractivity contribution in [3.8, 4) is 11.1 Å². The summed E-state index contributed by atoms with van der Waals surface area (Å²) >= 11 is 5.99. The number of nitrogens with zero attached hydrogens (tertiary/aromatic N) is 1. The second-order valence-electron chi connectivity index (χ2n) is 9.82. The van der Waals surface area contributed by atoms with E-state index in [1.807, 2.05) is 85.8 Å². The zero-order chi connectivity index (χ0) is 27.7. The van der Waals surface area contributed by atoms with Gasteiger partial charge in [-0.2, -0.15) is 0 Å². The molecular formula is C33H29ClN2O3. The van der Waals surface area contributed by atoms with Gasteiger partial charge >= 0.3 is 5.97 Å². The Morgan fingerprint density at radius 2 is 1.62 bits per heavy atom. The highest BCUT2D eigenvalue weighted by molar-refractivity contribution is 6.30. The second-order valence-corrected chi connectivity index (χ2v) is 10.3. The van der Waals surface area contributed by atoms with Gasteiger partial charge < -0.3 is 15.0 Å². The molecule has 196 valence electrons. The summed E-state index contributed by atoms with van der Waals surface area (Å²) in [7, 11) is 0. The molecule has 2 N–H and O–H groups in total. The molecule has 0 aliphatic carbocycles. The van der Waals surface area contributed by atoms with Gasteiger partial charge in [0.05, 0.1) is 11.6 Å². The molecule has 39 heavy (non-hydrogen) atoms. The molecule has 0 spiro atoms. The van der Waals surface area contributed by atoms with E-state index in [9.17, 15) is 14.7 Å². The van der Waals surface area contributed by atoms with Gasteiger partial charge in [0.2, 0.25) is 0 Å². The van der Waals surface area contributed by atoms with E-state index in [4.69, 9.17) is 11.6 Å². The molecule has 5 rings (SSSR count). The number of carbonyl (C=O) groups is 2. The number of aryl methyl sites for hydroxylation is 1. The van der Waals surface area contributed by atoms with Crippen LogP contribution in [0.1, 0.15) is 56.1 Å². The Hall–Kier alpha value is -4.35. The van der Waals surface area contributed by atoms with Gasteiger partial charge in [0, 0.05) is 33.7 Å². The minimum absolute atomic E-state index is 0.124. The van der Waals surface area contributed by atoms with Gasteiger partial charge in [-0.1, -0.05) is 66.2 Å². The highest BCUT2D eigenvalue weighted by atomic mass is 35.5. The monoisotopic (exact) mass is 536 g/mol. The van der Waals surface area contributed by atoms with Crippen molar-refractivity contribution >= 4 is 34.4 Å². The van der Waals surface area contributed by atoms with Crippen LogP contribution in [0.3, 0.4) is 0 Å². The average molecular weight is 537 g/mol. The Bertz CT molecular complexity index is 1690. The lowest BCUT2D eigenvalue weighted by Gasteiger charge is -2.15. The van der Waals surface area contributed by atoms with Crippen LogP contribution in [0.5, 0.6) is 0 Å². The summed E-state index contributed by atoms with van der Waals surface area (Å²) in [4.78, 5) is 24.7. The Morgan fingerprint density at radius 1 is 0.923 bits per heavy atom. The number of nitrogens with one attached hydrogen (secondary N) is 1. The summed E-state index contributed by atoms with van der Waals surface area (Å²) in [5.41, 5.74) is 7.90. The maximum absolute atomic E-state index is 13.1. The van der Waals surface area contributed by atoms with E-state index in [2.05, 4.69) is 23.7 Å². The first kappa shape index (κ1) is 26.3. The van der Waals surface area contributed by atoms with E-state index in [1.165, 1.54) is 0 Å². The largest absolute Gasteiger partial charge is 0.478 e. The first-order valence-electron chi connectivity index (χ1n) is 12.8. The molecule has 6 heteroatoms. The Kier molecular flexibility index (Phi) is 7.27. The van der Waals surface area contributed by atoms with E-state index < -0.39 is 5.97 Å². The van der Waals surface area contributed by atoms with E-state index in [1.54, 1.807) is 12.1 Å². The lowest BCUT2D eigenvalue weighted by molar-refractivity contribution is 0.0697. The van der Waals surface area contributed by atoms with E-state index in [0.29, 0.717) is 22.7 Å². The molecule has 1 aromatic heterocycles. The third-order valence-corrected chi connectivity index (χ3v) is 7.63. The molecule has 1 amide bonds. The number of aromatic carboxylic acids is 1. The quantitative estimate of drug-likeness (QED) is 0.223. The molecule has 1 atom stereocenters. The molecule has 0 unspecified atom stereocenters. The Morgan fingerprint density at radius 3 is 2.31 bits per heavy atom. The molecule has 0 aliphatic heterocycles. The normalized spacial score (nSPS) is 11.9. The number of fused-ring (bicyclic) bond motifs is 1.